The number of hydrogen-bond acceptors (Lipinski definition) is 5. The average Bonchev–Trinajstić information content (AvgIpc) is 3.09. The molecule has 0 aliphatic carbocycles. The van der Waals surface area contributed by atoms with Gasteiger partial charge in [-0.1, -0.05) is 0 Å². The minimum Gasteiger partial charge on any atom is -0.340 e. The van der Waals surface area contributed by atoms with Crippen molar-refractivity contribution in [2.45, 2.75) is 6.04 Å². The van der Waals surface area contributed by atoms with Crippen molar-refractivity contribution in [3.8, 4) is 0 Å². The van der Waals surface area contributed by atoms with Crippen LogP contribution in [-0.4, -0.2) is 43.4 Å². The van der Waals surface area contributed by atoms with Crippen LogP contribution in [0.4, 0.5) is 0 Å². The van der Waals surface area contributed by atoms with E-state index in [2.05, 4.69) is 9.97 Å². The lowest BCUT2D eigenvalue weighted by Gasteiger charge is -2.33. The summed E-state index contributed by atoms with van der Waals surface area (Å²) in [5.74, 6) is 1.88. The zero-order valence-corrected chi connectivity index (χ0v) is 12.2. The smallest absolute Gasteiger partial charge is 0.274 e. The lowest BCUT2D eigenvalue weighted by molar-refractivity contribution is 0.0695. The second kappa shape index (κ2) is 5.34. The van der Waals surface area contributed by atoms with Gasteiger partial charge in [0.25, 0.3) is 5.91 Å². The van der Waals surface area contributed by atoms with E-state index in [4.69, 9.17) is 0 Å². The summed E-state index contributed by atoms with van der Waals surface area (Å²) in [6.07, 6.45) is 5.22. The molecule has 100 valence electrons. The van der Waals surface area contributed by atoms with Gasteiger partial charge < -0.3 is 9.47 Å². The number of carbonyl (C=O) groups excluding carboxylic acids is 1. The van der Waals surface area contributed by atoms with Crippen LogP contribution in [0.15, 0.2) is 24.1 Å². The number of carbonyl (C=O) groups is 1. The summed E-state index contributed by atoms with van der Waals surface area (Å²) in [5.41, 5.74) is 0.510. The van der Waals surface area contributed by atoms with Gasteiger partial charge in [-0.15, -0.1) is 11.3 Å². The summed E-state index contributed by atoms with van der Waals surface area (Å²) in [7, 11) is 1.87. The molecule has 3 heterocycles. The van der Waals surface area contributed by atoms with E-state index in [0.717, 1.165) is 23.1 Å². The fourth-order valence-corrected chi connectivity index (χ4v) is 4.03. The summed E-state index contributed by atoms with van der Waals surface area (Å²) >= 11 is 3.48. The van der Waals surface area contributed by atoms with Crippen LogP contribution in [0.5, 0.6) is 0 Å². The van der Waals surface area contributed by atoms with Crippen LogP contribution in [0.25, 0.3) is 0 Å². The molecule has 0 N–H and O–H groups in total. The molecule has 1 atom stereocenters. The van der Waals surface area contributed by atoms with Gasteiger partial charge in [-0.2, -0.15) is 11.8 Å². The molecule has 7 heteroatoms. The van der Waals surface area contributed by atoms with Gasteiger partial charge in [-0.3, -0.25) is 4.79 Å². The van der Waals surface area contributed by atoms with Gasteiger partial charge in [0.1, 0.15) is 10.7 Å². The van der Waals surface area contributed by atoms with Crippen molar-refractivity contribution >= 4 is 29.0 Å². The van der Waals surface area contributed by atoms with Gasteiger partial charge in [0.15, 0.2) is 0 Å². The molecule has 0 unspecified atom stereocenters. The number of thiazole rings is 1. The standard InChI is InChI=1S/C12H14N4OS2/c1-15-6-9(14-8-15)12(17)16-3-5-18-7-10(16)11-13-2-4-19-11/h2,4,6,8,10H,3,5,7H2,1H3/t10-/m0/s1. The third kappa shape index (κ3) is 2.52. The minimum atomic E-state index is 0.00102. The Bertz CT molecular complexity index is 566. The summed E-state index contributed by atoms with van der Waals surface area (Å²) in [5, 5.41) is 2.97. The number of amides is 1. The highest BCUT2D eigenvalue weighted by molar-refractivity contribution is 7.99. The number of nitrogens with zero attached hydrogens (tertiary/aromatic N) is 4. The van der Waals surface area contributed by atoms with Gasteiger partial charge in [0, 0.05) is 42.9 Å². The molecule has 0 saturated carbocycles. The molecule has 1 fully saturated rings. The molecule has 1 aliphatic heterocycles. The van der Waals surface area contributed by atoms with Crippen LogP contribution in [0.2, 0.25) is 0 Å². The Balaban J connectivity index is 1.86. The second-order valence-corrected chi connectivity index (χ2v) is 6.46. The largest absolute Gasteiger partial charge is 0.340 e. The fraction of sp³-hybridized carbons (Fsp3) is 0.417. The quantitative estimate of drug-likeness (QED) is 0.847. The Labute approximate surface area is 119 Å². The van der Waals surface area contributed by atoms with Crippen molar-refractivity contribution in [3.05, 3.63) is 34.8 Å². The zero-order valence-electron chi connectivity index (χ0n) is 10.5. The first-order chi connectivity index (χ1) is 9.25. The van der Waals surface area contributed by atoms with Crippen molar-refractivity contribution in [2.75, 3.05) is 18.1 Å². The number of aryl methyl sites for hydroxylation is 1. The summed E-state index contributed by atoms with van der Waals surface area (Å²) in [4.78, 5) is 22.9. The van der Waals surface area contributed by atoms with Crippen molar-refractivity contribution < 1.29 is 4.79 Å². The molecular formula is C12H14N4OS2. The molecule has 5 nitrogen and oxygen atoms in total. The van der Waals surface area contributed by atoms with Crippen LogP contribution in [-0.2, 0) is 7.05 Å². The first-order valence-electron chi connectivity index (χ1n) is 6.02. The topological polar surface area (TPSA) is 51.0 Å². The van der Waals surface area contributed by atoms with E-state index < -0.39 is 0 Å². The Morgan fingerprint density at radius 3 is 3.05 bits per heavy atom. The predicted molar refractivity (Wildman–Crippen MR) is 76.4 cm³/mol. The Morgan fingerprint density at radius 2 is 2.37 bits per heavy atom. The van der Waals surface area contributed by atoms with E-state index in [-0.39, 0.29) is 11.9 Å². The molecule has 3 rings (SSSR count). The molecule has 0 aromatic carbocycles. The maximum Gasteiger partial charge on any atom is 0.274 e. The van der Waals surface area contributed by atoms with E-state index in [1.807, 2.05) is 29.1 Å². The molecule has 19 heavy (non-hydrogen) atoms. The van der Waals surface area contributed by atoms with E-state index in [1.54, 1.807) is 34.6 Å². The molecule has 0 radical (unpaired) electrons. The van der Waals surface area contributed by atoms with Crippen molar-refractivity contribution in [1.29, 1.82) is 0 Å². The average molecular weight is 294 g/mol. The van der Waals surface area contributed by atoms with Gasteiger partial charge in [0.05, 0.1) is 12.4 Å². The Hall–Kier alpha value is -1.34. The molecule has 2 aromatic rings. The highest BCUT2D eigenvalue weighted by Crippen LogP contribution is 2.31. The van der Waals surface area contributed by atoms with Gasteiger partial charge >= 0.3 is 0 Å². The third-order valence-electron chi connectivity index (χ3n) is 3.05. The van der Waals surface area contributed by atoms with E-state index in [9.17, 15) is 4.79 Å². The third-order valence-corrected chi connectivity index (χ3v) is 4.95. The summed E-state index contributed by atoms with van der Waals surface area (Å²) < 4.78 is 1.80. The van der Waals surface area contributed by atoms with Crippen LogP contribution < -0.4 is 0 Å². The monoisotopic (exact) mass is 294 g/mol. The maximum atomic E-state index is 12.5. The lowest BCUT2D eigenvalue weighted by atomic mass is 10.2. The van der Waals surface area contributed by atoms with Crippen LogP contribution in [0, 0.1) is 0 Å². The number of thioether (sulfide) groups is 1. The zero-order chi connectivity index (χ0) is 13.2. The molecular weight excluding hydrogens is 280 g/mol. The Morgan fingerprint density at radius 1 is 1.47 bits per heavy atom. The molecule has 1 amide bonds. The van der Waals surface area contributed by atoms with Gasteiger partial charge in [0.2, 0.25) is 0 Å². The summed E-state index contributed by atoms with van der Waals surface area (Å²) in [6.45, 7) is 0.754. The van der Waals surface area contributed by atoms with Crippen molar-refractivity contribution in [2.24, 2.45) is 7.05 Å². The lowest BCUT2D eigenvalue weighted by Crippen LogP contribution is -2.40. The SMILES string of the molecule is Cn1cnc(C(=O)N2CCSC[C@H]2c2nccs2)c1. The fourth-order valence-electron chi connectivity index (χ4n) is 2.12. The highest BCUT2D eigenvalue weighted by atomic mass is 32.2. The number of rotatable bonds is 2. The van der Waals surface area contributed by atoms with E-state index in [0.29, 0.717) is 5.69 Å². The minimum absolute atomic E-state index is 0.00102. The number of imidazole rings is 1. The van der Waals surface area contributed by atoms with E-state index >= 15 is 0 Å². The van der Waals surface area contributed by atoms with Gasteiger partial charge in [-0.25, -0.2) is 9.97 Å². The predicted octanol–water partition coefficient (Wildman–Crippen LogP) is 1.81. The number of hydrogen-bond donors (Lipinski definition) is 0. The van der Waals surface area contributed by atoms with Crippen molar-refractivity contribution in [1.82, 2.24) is 19.4 Å². The molecule has 1 saturated heterocycles. The molecule has 0 spiro atoms. The first-order valence-corrected chi connectivity index (χ1v) is 8.05. The van der Waals surface area contributed by atoms with Gasteiger partial charge in [-0.05, 0) is 0 Å². The van der Waals surface area contributed by atoms with E-state index in [1.165, 1.54) is 0 Å². The summed E-state index contributed by atoms with van der Waals surface area (Å²) in [6, 6.07) is 0.0771. The molecule has 1 aliphatic rings. The van der Waals surface area contributed by atoms with Crippen LogP contribution in [0.1, 0.15) is 21.5 Å². The normalized spacial score (nSPS) is 19.6. The van der Waals surface area contributed by atoms with Crippen molar-refractivity contribution in [3.63, 3.8) is 0 Å². The van der Waals surface area contributed by atoms with Crippen LogP contribution in [0.3, 0.4) is 0 Å². The first kappa shape index (κ1) is 12.7. The maximum absolute atomic E-state index is 12.5. The second-order valence-electron chi connectivity index (χ2n) is 4.38. The number of aromatic nitrogens is 3. The van der Waals surface area contributed by atoms with Crippen LogP contribution >= 0.6 is 23.1 Å². The molecule has 2 aromatic heterocycles. The highest BCUT2D eigenvalue weighted by Gasteiger charge is 2.31. The molecule has 0 bridgehead atoms. The Kier molecular flexibility index (Phi) is 3.56.